The summed E-state index contributed by atoms with van der Waals surface area (Å²) in [4.78, 5) is 33.2. The number of amides is 1. The molecule has 1 unspecified atom stereocenters. The van der Waals surface area contributed by atoms with E-state index in [1.54, 1.807) is 24.4 Å². The Balaban J connectivity index is 1.50. The van der Waals surface area contributed by atoms with Gasteiger partial charge in [0.2, 0.25) is 0 Å². The third-order valence-electron chi connectivity index (χ3n) is 6.13. The fourth-order valence-corrected chi connectivity index (χ4v) is 5.34. The molecule has 2 aromatic heterocycles. The minimum Gasteiger partial charge on any atom is -0.387 e. The smallest absolute Gasteiger partial charge is 0.267 e. The number of anilines is 1. The van der Waals surface area contributed by atoms with Crippen molar-refractivity contribution in [2.24, 2.45) is 0 Å². The second-order valence-electron chi connectivity index (χ2n) is 8.77. The number of pyridine rings is 1. The van der Waals surface area contributed by atoms with Crippen LogP contribution in [-0.4, -0.2) is 36.2 Å². The molecule has 0 saturated carbocycles. The number of carbonyl (C=O) groups excluding carboxylic acids is 1. The highest BCUT2D eigenvalue weighted by Crippen LogP contribution is 2.34. The first-order chi connectivity index (χ1) is 18.3. The number of aryl methyl sites for hydroxylation is 1. The van der Waals surface area contributed by atoms with E-state index in [9.17, 15) is 19.1 Å². The molecule has 1 saturated heterocycles. The van der Waals surface area contributed by atoms with E-state index in [0.29, 0.717) is 9.97 Å². The van der Waals surface area contributed by atoms with Gasteiger partial charge in [-0.2, -0.15) is 0 Å². The molecule has 3 heterocycles. The Labute approximate surface area is 227 Å². The number of halogens is 1. The summed E-state index contributed by atoms with van der Waals surface area (Å²) in [7, 11) is 0. The molecule has 0 aliphatic carbocycles. The monoisotopic (exact) mass is 546 g/mol. The van der Waals surface area contributed by atoms with Gasteiger partial charge in [0.1, 0.15) is 21.6 Å². The minimum absolute atomic E-state index is 0.102. The average molecular weight is 547 g/mol. The van der Waals surface area contributed by atoms with E-state index in [-0.39, 0.29) is 46.7 Å². The van der Waals surface area contributed by atoms with Crippen LogP contribution in [0, 0.1) is 12.7 Å². The summed E-state index contributed by atoms with van der Waals surface area (Å²) in [5, 5.41) is 13.8. The Kier molecular flexibility index (Phi) is 7.37. The summed E-state index contributed by atoms with van der Waals surface area (Å²) in [6, 6.07) is 18.6. The molecule has 4 aromatic rings. The summed E-state index contributed by atoms with van der Waals surface area (Å²) >= 11 is 6.53. The molecule has 7 nitrogen and oxygen atoms in total. The highest BCUT2D eigenvalue weighted by Gasteiger charge is 2.32. The van der Waals surface area contributed by atoms with Crippen LogP contribution in [-0.2, 0) is 11.3 Å². The number of fused-ring (bicyclic) bond motifs is 1. The molecule has 1 aliphatic heterocycles. The van der Waals surface area contributed by atoms with Crippen molar-refractivity contribution >= 4 is 51.7 Å². The van der Waals surface area contributed by atoms with Crippen LogP contribution in [0.25, 0.3) is 11.7 Å². The van der Waals surface area contributed by atoms with E-state index in [4.69, 9.17) is 12.2 Å². The van der Waals surface area contributed by atoms with Crippen LogP contribution in [0.15, 0.2) is 82.6 Å². The molecular formula is C28H23FN4O3S2. The zero-order valence-corrected chi connectivity index (χ0v) is 21.9. The first kappa shape index (κ1) is 25.8. The molecule has 2 aromatic carbocycles. The van der Waals surface area contributed by atoms with Gasteiger partial charge in [0.25, 0.3) is 11.5 Å². The summed E-state index contributed by atoms with van der Waals surface area (Å²) in [6.07, 6.45) is 2.28. The SMILES string of the molecule is Cc1cccn2c(=O)c(/C=C3/SC(=S)N(Cc4ccc(F)cc4)C3=O)c(NCC(O)c3ccccc3)nc12. The van der Waals surface area contributed by atoms with Crippen molar-refractivity contribution in [2.75, 3.05) is 11.9 Å². The van der Waals surface area contributed by atoms with Gasteiger partial charge in [-0.1, -0.05) is 72.5 Å². The standard InChI is InChI=1S/C28H23FN4O3S2/c1-17-6-5-13-32-25(17)31-24(30-15-22(34)19-7-3-2-4-8-19)21(26(32)35)14-23-27(36)33(28(37)38-23)16-18-9-11-20(29)12-10-18/h2-14,22,30,34H,15-16H2,1H3/b23-14+. The predicted molar refractivity (Wildman–Crippen MR) is 151 cm³/mol. The lowest BCUT2D eigenvalue weighted by Crippen LogP contribution is -2.27. The summed E-state index contributed by atoms with van der Waals surface area (Å²) in [5.74, 6) is -0.465. The number of aromatic nitrogens is 2. The molecule has 1 aliphatic rings. The van der Waals surface area contributed by atoms with Gasteiger partial charge < -0.3 is 10.4 Å². The summed E-state index contributed by atoms with van der Waals surface area (Å²) in [5.41, 5.74) is 2.53. The predicted octanol–water partition coefficient (Wildman–Crippen LogP) is 4.69. The van der Waals surface area contributed by atoms with E-state index in [0.717, 1.165) is 28.5 Å². The van der Waals surface area contributed by atoms with Crippen LogP contribution in [0.4, 0.5) is 10.2 Å². The quantitative estimate of drug-likeness (QED) is 0.257. The largest absolute Gasteiger partial charge is 0.387 e. The molecule has 0 radical (unpaired) electrons. The molecule has 2 N–H and O–H groups in total. The van der Waals surface area contributed by atoms with E-state index in [1.807, 2.05) is 43.3 Å². The van der Waals surface area contributed by atoms with Gasteiger partial charge >= 0.3 is 0 Å². The van der Waals surface area contributed by atoms with Gasteiger partial charge in [-0.25, -0.2) is 9.37 Å². The number of hydrogen-bond acceptors (Lipinski definition) is 7. The number of benzene rings is 2. The molecule has 1 fully saturated rings. The zero-order chi connectivity index (χ0) is 26.8. The number of nitrogens with one attached hydrogen (secondary N) is 1. The maximum atomic E-state index is 13.6. The Morgan fingerprint density at radius 1 is 1.11 bits per heavy atom. The number of thioether (sulfide) groups is 1. The maximum Gasteiger partial charge on any atom is 0.267 e. The molecule has 1 atom stereocenters. The molecule has 0 spiro atoms. The number of hydrogen-bond donors (Lipinski definition) is 2. The van der Waals surface area contributed by atoms with E-state index in [1.165, 1.54) is 27.5 Å². The van der Waals surface area contributed by atoms with Crippen LogP contribution in [0.2, 0.25) is 0 Å². The third-order valence-corrected chi connectivity index (χ3v) is 7.51. The lowest BCUT2D eigenvalue weighted by molar-refractivity contribution is -0.122. The number of aliphatic hydroxyl groups excluding tert-OH is 1. The fourth-order valence-electron chi connectivity index (χ4n) is 4.10. The Morgan fingerprint density at radius 2 is 1.84 bits per heavy atom. The van der Waals surface area contributed by atoms with Crippen molar-refractivity contribution in [3.63, 3.8) is 0 Å². The van der Waals surface area contributed by atoms with Crippen molar-refractivity contribution in [3.8, 4) is 0 Å². The topological polar surface area (TPSA) is 86.9 Å². The molecule has 10 heteroatoms. The van der Waals surface area contributed by atoms with E-state index < -0.39 is 6.10 Å². The maximum absolute atomic E-state index is 13.6. The Morgan fingerprint density at radius 3 is 2.58 bits per heavy atom. The second kappa shape index (κ2) is 10.9. The summed E-state index contributed by atoms with van der Waals surface area (Å²) < 4.78 is 15.1. The van der Waals surface area contributed by atoms with Crippen molar-refractivity contribution in [2.45, 2.75) is 19.6 Å². The molecule has 5 rings (SSSR count). The zero-order valence-electron chi connectivity index (χ0n) is 20.3. The van der Waals surface area contributed by atoms with Crippen LogP contribution < -0.4 is 10.9 Å². The third kappa shape index (κ3) is 5.24. The minimum atomic E-state index is -0.838. The van der Waals surface area contributed by atoms with Gasteiger partial charge in [-0.3, -0.25) is 18.9 Å². The lowest BCUT2D eigenvalue weighted by Gasteiger charge is -2.16. The Hall–Kier alpha value is -3.86. The number of rotatable bonds is 7. The number of carbonyl (C=O) groups is 1. The number of thiocarbonyl (C=S) groups is 1. The molecule has 38 heavy (non-hydrogen) atoms. The number of nitrogens with zero attached hydrogens (tertiary/aromatic N) is 3. The molecule has 1 amide bonds. The summed E-state index contributed by atoms with van der Waals surface area (Å²) in [6.45, 7) is 2.14. The average Bonchev–Trinajstić information content (AvgIpc) is 3.18. The van der Waals surface area contributed by atoms with Gasteiger partial charge in [-0.15, -0.1) is 0 Å². The van der Waals surface area contributed by atoms with Crippen molar-refractivity contribution in [1.29, 1.82) is 0 Å². The molecular weight excluding hydrogens is 523 g/mol. The molecule has 192 valence electrons. The van der Waals surface area contributed by atoms with Gasteiger partial charge in [0.05, 0.1) is 23.1 Å². The van der Waals surface area contributed by atoms with Crippen LogP contribution in [0.1, 0.15) is 28.4 Å². The fraction of sp³-hybridized carbons (Fsp3) is 0.143. The Bertz CT molecular complexity index is 1620. The van der Waals surface area contributed by atoms with Gasteiger partial charge in [0.15, 0.2) is 0 Å². The van der Waals surface area contributed by atoms with E-state index >= 15 is 0 Å². The van der Waals surface area contributed by atoms with Crippen molar-refractivity contribution in [3.05, 3.63) is 116 Å². The highest BCUT2D eigenvalue weighted by atomic mass is 32.2. The number of aliphatic hydroxyl groups is 1. The van der Waals surface area contributed by atoms with Crippen LogP contribution in [0.5, 0.6) is 0 Å². The first-order valence-electron chi connectivity index (χ1n) is 11.8. The normalized spacial score (nSPS) is 15.4. The lowest BCUT2D eigenvalue weighted by atomic mass is 10.1. The first-order valence-corrected chi connectivity index (χ1v) is 13.0. The molecule has 0 bridgehead atoms. The van der Waals surface area contributed by atoms with Gasteiger partial charge in [-0.05, 0) is 47.9 Å². The van der Waals surface area contributed by atoms with Gasteiger partial charge in [0, 0.05) is 12.7 Å². The van der Waals surface area contributed by atoms with Crippen molar-refractivity contribution < 1.29 is 14.3 Å². The van der Waals surface area contributed by atoms with Crippen LogP contribution in [0.3, 0.4) is 0 Å². The van der Waals surface area contributed by atoms with E-state index in [2.05, 4.69) is 10.3 Å². The van der Waals surface area contributed by atoms with Crippen molar-refractivity contribution in [1.82, 2.24) is 14.3 Å². The highest BCUT2D eigenvalue weighted by molar-refractivity contribution is 8.26. The second-order valence-corrected chi connectivity index (χ2v) is 10.4. The van der Waals surface area contributed by atoms with Crippen LogP contribution >= 0.6 is 24.0 Å².